The number of hydrogen-bond donors (Lipinski definition) is 3. The zero-order valence-electron chi connectivity index (χ0n) is 18.4. The number of amides is 2. The van der Waals surface area contributed by atoms with E-state index in [2.05, 4.69) is 39.9 Å². The second-order valence-corrected chi connectivity index (χ2v) is 8.74. The van der Waals surface area contributed by atoms with E-state index in [9.17, 15) is 14.4 Å². The van der Waals surface area contributed by atoms with Gasteiger partial charge in [0.05, 0.1) is 12.2 Å². The molecule has 0 aliphatic heterocycles. The van der Waals surface area contributed by atoms with Crippen LogP contribution in [0.4, 0.5) is 4.79 Å². The molecular formula is C25H23N3O5S. The summed E-state index contributed by atoms with van der Waals surface area (Å²) >= 11 is 1.03. The number of fused-ring (bicyclic) bond motifs is 3. The molecule has 3 N–H and O–H groups in total. The van der Waals surface area contributed by atoms with Crippen LogP contribution in [0.1, 0.15) is 37.4 Å². The monoisotopic (exact) mass is 477 g/mol. The van der Waals surface area contributed by atoms with Crippen molar-refractivity contribution in [3.8, 4) is 11.1 Å². The van der Waals surface area contributed by atoms with Crippen molar-refractivity contribution < 1.29 is 24.2 Å². The maximum absolute atomic E-state index is 12.1. The zero-order chi connectivity index (χ0) is 24.1. The van der Waals surface area contributed by atoms with Gasteiger partial charge in [-0.2, -0.15) is 0 Å². The number of alkyl carbamates (subject to hydrolysis) is 1. The fourth-order valence-electron chi connectivity index (χ4n) is 3.91. The lowest BCUT2D eigenvalue weighted by Crippen LogP contribution is -2.26. The molecule has 0 bridgehead atoms. The van der Waals surface area contributed by atoms with Crippen molar-refractivity contribution in [1.29, 1.82) is 0 Å². The fourth-order valence-corrected chi connectivity index (χ4v) is 4.75. The minimum absolute atomic E-state index is 0.0180. The largest absolute Gasteiger partial charge is 0.477 e. The van der Waals surface area contributed by atoms with Crippen molar-refractivity contribution in [2.75, 3.05) is 13.2 Å². The molecule has 0 fully saturated rings. The summed E-state index contributed by atoms with van der Waals surface area (Å²) < 4.78 is 5.45. The molecule has 1 aromatic heterocycles. The van der Waals surface area contributed by atoms with E-state index in [0.717, 1.165) is 33.6 Å². The average molecular weight is 478 g/mol. The van der Waals surface area contributed by atoms with Crippen LogP contribution in [0.3, 0.4) is 0 Å². The Morgan fingerprint density at radius 2 is 1.71 bits per heavy atom. The predicted molar refractivity (Wildman–Crippen MR) is 128 cm³/mol. The van der Waals surface area contributed by atoms with Gasteiger partial charge in [0.1, 0.15) is 16.5 Å². The summed E-state index contributed by atoms with van der Waals surface area (Å²) in [5.41, 5.74) is 5.02. The molecular weight excluding hydrogens is 454 g/mol. The Bertz CT molecular complexity index is 1220. The van der Waals surface area contributed by atoms with E-state index >= 15 is 0 Å². The van der Waals surface area contributed by atoms with Crippen LogP contribution in [0.2, 0.25) is 0 Å². The summed E-state index contributed by atoms with van der Waals surface area (Å²) in [6.07, 6.45) is 2.24. The molecule has 4 rings (SSSR count). The van der Waals surface area contributed by atoms with Gasteiger partial charge in [-0.15, -0.1) is 11.3 Å². The lowest BCUT2D eigenvalue weighted by molar-refractivity contribution is -0.116. The maximum Gasteiger partial charge on any atom is 0.407 e. The van der Waals surface area contributed by atoms with Crippen molar-refractivity contribution in [3.05, 3.63) is 87.4 Å². The molecule has 0 unspecified atom stereocenters. The number of carbonyl (C=O) groups is 3. The number of nitrogens with one attached hydrogen (secondary N) is 2. The number of thiazole rings is 1. The summed E-state index contributed by atoms with van der Waals surface area (Å²) in [5, 5.41) is 14.8. The van der Waals surface area contributed by atoms with Gasteiger partial charge in [-0.25, -0.2) is 14.6 Å². The molecule has 8 nitrogen and oxygen atoms in total. The number of aromatic nitrogens is 1. The van der Waals surface area contributed by atoms with Crippen LogP contribution in [-0.2, 0) is 16.1 Å². The number of rotatable bonds is 8. The molecule has 0 radical (unpaired) electrons. The Kier molecular flexibility index (Phi) is 7.03. The molecule has 0 saturated carbocycles. The summed E-state index contributed by atoms with van der Waals surface area (Å²) in [5.74, 6) is -1.43. The lowest BCUT2D eigenvalue weighted by atomic mass is 9.98. The Hall–Kier alpha value is -3.98. The number of aryl methyl sites for hydroxylation is 1. The predicted octanol–water partition coefficient (Wildman–Crippen LogP) is 3.86. The van der Waals surface area contributed by atoms with Crippen LogP contribution in [0.25, 0.3) is 11.1 Å². The topological polar surface area (TPSA) is 118 Å². The molecule has 3 aromatic rings. The molecule has 2 aromatic carbocycles. The number of hydrogen-bond acceptors (Lipinski definition) is 6. The first kappa shape index (κ1) is 23.2. The third-order valence-corrected chi connectivity index (χ3v) is 6.57. The molecule has 1 aliphatic rings. The van der Waals surface area contributed by atoms with Crippen molar-refractivity contribution in [2.24, 2.45) is 0 Å². The minimum atomic E-state index is -1.04. The number of nitrogens with zero attached hydrogens (tertiary/aromatic N) is 1. The molecule has 174 valence electrons. The van der Waals surface area contributed by atoms with Crippen LogP contribution >= 0.6 is 11.3 Å². The Morgan fingerprint density at radius 3 is 2.32 bits per heavy atom. The minimum Gasteiger partial charge on any atom is -0.477 e. The van der Waals surface area contributed by atoms with E-state index in [0.29, 0.717) is 10.7 Å². The van der Waals surface area contributed by atoms with E-state index in [1.165, 1.54) is 12.2 Å². The Labute approximate surface area is 200 Å². The second-order valence-electron chi connectivity index (χ2n) is 7.65. The quantitative estimate of drug-likeness (QED) is 0.424. The van der Waals surface area contributed by atoms with E-state index in [1.807, 2.05) is 24.3 Å². The van der Waals surface area contributed by atoms with Crippen molar-refractivity contribution in [3.63, 3.8) is 0 Å². The Balaban J connectivity index is 1.22. The van der Waals surface area contributed by atoms with Crippen molar-refractivity contribution >= 4 is 29.3 Å². The first-order valence-electron chi connectivity index (χ1n) is 10.7. The smallest absolute Gasteiger partial charge is 0.407 e. The van der Waals surface area contributed by atoms with Crippen molar-refractivity contribution in [1.82, 2.24) is 15.6 Å². The van der Waals surface area contributed by atoms with Gasteiger partial charge < -0.3 is 20.5 Å². The van der Waals surface area contributed by atoms with E-state index in [4.69, 9.17) is 9.84 Å². The van der Waals surface area contributed by atoms with Gasteiger partial charge >= 0.3 is 12.1 Å². The van der Waals surface area contributed by atoms with Gasteiger partial charge in [-0.05, 0) is 29.2 Å². The van der Waals surface area contributed by atoms with Crippen LogP contribution < -0.4 is 10.6 Å². The summed E-state index contributed by atoms with van der Waals surface area (Å²) in [6.45, 7) is 2.08. The van der Waals surface area contributed by atoms with E-state index in [1.54, 1.807) is 6.92 Å². The zero-order valence-corrected chi connectivity index (χ0v) is 19.2. The first-order chi connectivity index (χ1) is 16.4. The highest BCUT2D eigenvalue weighted by molar-refractivity contribution is 7.13. The van der Waals surface area contributed by atoms with Gasteiger partial charge in [-0.3, -0.25) is 4.79 Å². The number of aromatic carboxylic acids is 1. The highest BCUT2D eigenvalue weighted by Crippen LogP contribution is 2.44. The molecule has 1 heterocycles. The van der Waals surface area contributed by atoms with Crippen LogP contribution in [0.15, 0.2) is 60.7 Å². The number of carbonyl (C=O) groups excluding carboxylic acids is 2. The van der Waals surface area contributed by atoms with Crippen molar-refractivity contribution in [2.45, 2.75) is 19.4 Å². The number of ether oxygens (including phenoxy) is 1. The fraction of sp³-hybridized carbons (Fsp3) is 0.200. The van der Waals surface area contributed by atoms with Gasteiger partial charge in [0.2, 0.25) is 5.91 Å². The van der Waals surface area contributed by atoms with Gasteiger partial charge in [0.15, 0.2) is 0 Å². The normalized spacial score (nSPS) is 12.3. The standard InChI is InChI=1S/C25H23N3O5S/c1-15-23(24(30)31)34-22(28-15)13-27-21(29)11-6-12-26-25(32)33-14-20-18-9-4-2-7-16(18)17-8-3-5-10-19(17)20/h2-11,20H,12-14H2,1H3,(H,26,32)(H,27,29)(H,30,31)/b11-6+. The van der Waals surface area contributed by atoms with Gasteiger partial charge in [0.25, 0.3) is 0 Å². The summed E-state index contributed by atoms with van der Waals surface area (Å²) in [6, 6.07) is 16.2. The molecule has 9 heteroatoms. The number of carboxylic acid groups (broad SMARTS) is 1. The lowest BCUT2D eigenvalue weighted by Gasteiger charge is -2.14. The third kappa shape index (κ3) is 5.15. The molecule has 0 atom stereocenters. The molecule has 1 aliphatic carbocycles. The first-order valence-corrected chi connectivity index (χ1v) is 11.5. The second kappa shape index (κ2) is 10.3. The molecule has 2 amide bonds. The Morgan fingerprint density at radius 1 is 1.06 bits per heavy atom. The molecule has 0 spiro atoms. The number of carboxylic acids is 1. The third-order valence-electron chi connectivity index (χ3n) is 5.43. The van der Waals surface area contributed by atoms with E-state index in [-0.39, 0.29) is 36.4 Å². The van der Waals surface area contributed by atoms with Crippen LogP contribution in [-0.4, -0.2) is 41.2 Å². The number of benzene rings is 2. The van der Waals surface area contributed by atoms with E-state index < -0.39 is 12.1 Å². The SMILES string of the molecule is Cc1nc(CNC(=O)/C=C/CNC(=O)OCC2c3ccccc3-c3ccccc32)sc1C(=O)O. The van der Waals surface area contributed by atoms with Crippen LogP contribution in [0.5, 0.6) is 0 Å². The average Bonchev–Trinajstić information content (AvgIpc) is 3.37. The highest BCUT2D eigenvalue weighted by atomic mass is 32.1. The van der Waals surface area contributed by atoms with Crippen LogP contribution in [0, 0.1) is 6.92 Å². The molecule has 34 heavy (non-hydrogen) atoms. The summed E-state index contributed by atoms with van der Waals surface area (Å²) in [7, 11) is 0. The van der Waals surface area contributed by atoms with Gasteiger partial charge in [0, 0.05) is 18.5 Å². The highest BCUT2D eigenvalue weighted by Gasteiger charge is 2.28. The maximum atomic E-state index is 12.1. The molecule has 0 saturated heterocycles. The summed E-state index contributed by atoms with van der Waals surface area (Å²) in [4.78, 5) is 39.4. The van der Waals surface area contributed by atoms with Gasteiger partial charge in [-0.1, -0.05) is 54.6 Å².